The molecule has 1 aromatic carbocycles. The number of amides is 2. The number of esters is 1. The molecule has 0 saturated heterocycles. The average Bonchev–Trinajstić information content (AvgIpc) is 2.64. The van der Waals surface area contributed by atoms with Crippen LogP contribution >= 0.6 is 11.6 Å². The summed E-state index contributed by atoms with van der Waals surface area (Å²) in [6, 6.07) is 9.12. The minimum Gasteiger partial charge on any atom is -0.452 e. The molecule has 0 aliphatic rings. The van der Waals surface area contributed by atoms with Gasteiger partial charge in [0, 0.05) is 11.4 Å². The summed E-state index contributed by atoms with van der Waals surface area (Å²) >= 11 is 5.98. The van der Waals surface area contributed by atoms with Crippen molar-refractivity contribution in [3.8, 4) is 0 Å². The van der Waals surface area contributed by atoms with Gasteiger partial charge in [-0.25, -0.2) is 9.78 Å². The Morgan fingerprint density at radius 1 is 1.14 bits per heavy atom. The lowest BCUT2D eigenvalue weighted by atomic mass is 10.1. The molecule has 1 heterocycles. The Balaban J connectivity index is 1.83. The summed E-state index contributed by atoms with van der Waals surface area (Å²) in [5.41, 5.74) is 3.10. The van der Waals surface area contributed by atoms with Crippen molar-refractivity contribution in [2.45, 2.75) is 27.2 Å². The highest BCUT2D eigenvalue weighted by atomic mass is 35.5. The molecule has 7 nitrogen and oxygen atoms in total. The second kappa shape index (κ2) is 9.85. The monoisotopic (exact) mass is 403 g/mol. The Bertz CT molecular complexity index is 876. The molecule has 0 aliphatic carbocycles. The van der Waals surface area contributed by atoms with Gasteiger partial charge in [-0.05, 0) is 43.5 Å². The van der Waals surface area contributed by atoms with Gasteiger partial charge in [-0.15, -0.1) is 0 Å². The van der Waals surface area contributed by atoms with Crippen LogP contribution < -0.4 is 10.6 Å². The Morgan fingerprint density at radius 3 is 2.54 bits per heavy atom. The third-order valence-corrected chi connectivity index (χ3v) is 4.23. The Morgan fingerprint density at radius 2 is 1.86 bits per heavy atom. The van der Waals surface area contributed by atoms with Gasteiger partial charge in [-0.3, -0.25) is 9.59 Å². The zero-order valence-corrected chi connectivity index (χ0v) is 16.7. The van der Waals surface area contributed by atoms with Crippen molar-refractivity contribution in [1.29, 1.82) is 0 Å². The number of anilines is 1. The number of carbonyl (C=O) groups excluding carboxylic acids is 3. The molecule has 0 bridgehead atoms. The van der Waals surface area contributed by atoms with Crippen molar-refractivity contribution in [2.24, 2.45) is 0 Å². The molecular weight excluding hydrogens is 382 g/mol. The van der Waals surface area contributed by atoms with Crippen molar-refractivity contribution in [2.75, 3.05) is 18.5 Å². The van der Waals surface area contributed by atoms with E-state index in [4.69, 9.17) is 16.3 Å². The van der Waals surface area contributed by atoms with E-state index in [2.05, 4.69) is 15.6 Å². The molecular formula is C20H22ClN3O4. The van der Waals surface area contributed by atoms with Gasteiger partial charge < -0.3 is 15.4 Å². The number of halogens is 1. The zero-order valence-electron chi connectivity index (χ0n) is 16.0. The Labute approximate surface area is 168 Å². The number of aryl methyl sites for hydroxylation is 3. The molecule has 0 fully saturated rings. The summed E-state index contributed by atoms with van der Waals surface area (Å²) in [4.78, 5) is 40.0. The molecule has 2 amide bonds. The molecule has 148 valence electrons. The van der Waals surface area contributed by atoms with Gasteiger partial charge in [0.15, 0.2) is 6.61 Å². The number of rotatable bonds is 7. The van der Waals surface area contributed by atoms with Crippen molar-refractivity contribution < 1.29 is 19.1 Å². The largest absolute Gasteiger partial charge is 0.452 e. The lowest BCUT2D eigenvalue weighted by molar-refractivity contribution is -0.126. The predicted molar refractivity (Wildman–Crippen MR) is 106 cm³/mol. The second-order valence-corrected chi connectivity index (χ2v) is 6.52. The number of aromatic nitrogens is 1. The van der Waals surface area contributed by atoms with Gasteiger partial charge in [0.05, 0.1) is 12.1 Å². The smallest absolute Gasteiger partial charge is 0.342 e. The molecule has 0 radical (unpaired) electrons. The van der Waals surface area contributed by atoms with Crippen LogP contribution in [0.1, 0.15) is 34.1 Å². The fourth-order valence-corrected chi connectivity index (χ4v) is 2.97. The number of hydrogen-bond donors (Lipinski definition) is 2. The van der Waals surface area contributed by atoms with Crippen molar-refractivity contribution in [1.82, 2.24) is 10.3 Å². The lowest BCUT2D eigenvalue weighted by Crippen LogP contribution is -2.35. The molecule has 0 unspecified atom stereocenters. The highest BCUT2D eigenvalue weighted by molar-refractivity contribution is 6.32. The number of hydrogen-bond acceptors (Lipinski definition) is 5. The molecule has 2 aromatic rings. The molecule has 0 atom stereocenters. The molecule has 8 heteroatoms. The molecule has 28 heavy (non-hydrogen) atoms. The highest BCUT2D eigenvalue weighted by Gasteiger charge is 2.18. The number of benzene rings is 1. The maximum absolute atomic E-state index is 12.1. The maximum atomic E-state index is 12.1. The van der Waals surface area contributed by atoms with Gasteiger partial charge >= 0.3 is 5.97 Å². The van der Waals surface area contributed by atoms with E-state index in [0.29, 0.717) is 16.9 Å². The third-order valence-electron chi connectivity index (χ3n) is 3.96. The van der Waals surface area contributed by atoms with E-state index in [1.165, 1.54) is 0 Å². The Hall–Kier alpha value is -2.93. The number of ether oxygens (including phenoxy) is 1. The van der Waals surface area contributed by atoms with Crippen LogP contribution in [-0.4, -0.2) is 35.9 Å². The summed E-state index contributed by atoms with van der Waals surface area (Å²) in [6.07, 6.45) is 0.772. The van der Waals surface area contributed by atoms with Crippen LogP contribution in [0.5, 0.6) is 0 Å². The summed E-state index contributed by atoms with van der Waals surface area (Å²) in [6.45, 7) is 4.68. The van der Waals surface area contributed by atoms with E-state index in [-0.39, 0.29) is 23.2 Å². The first-order chi connectivity index (χ1) is 13.3. The first-order valence-electron chi connectivity index (χ1n) is 8.77. The van der Waals surface area contributed by atoms with E-state index in [1.54, 1.807) is 26.0 Å². The van der Waals surface area contributed by atoms with Crippen molar-refractivity contribution in [3.63, 3.8) is 0 Å². The van der Waals surface area contributed by atoms with Crippen LogP contribution in [0.4, 0.5) is 5.69 Å². The SMILES string of the molecule is CCc1ccccc1NC(=O)CNC(=O)COC(=O)c1c(C)cc(C)nc1Cl. The highest BCUT2D eigenvalue weighted by Crippen LogP contribution is 2.19. The third kappa shape index (κ3) is 5.79. The molecule has 1 aromatic heterocycles. The van der Waals surface area contributed by atoms with Crippen LogP contribution in [0.25, 0.3) is 0 Å². The molecule has 0 saturated carbocycles. The minimum atomic E-state index is -0.744. The standard InChI is InChI=1S/C20H22ClN3O4/c1-4-14-7-5-6-8-15(14)24-16(25)10-22-17(26)11-28-20(27)18-12(2)9-13(3)23-19(18)21/h5-9H,4,10-11H2,1-3H3,(H,22,26)(H,24,25). The molecule has 0 aliphatic heterocycles. The topological polar surface area (TPSA) is 97.4 Å². The normalized spacial score (nSPS) is 10.3. The lowest BCUT2D eigenvalue weighted by Gasteiger charge is -2.11. The number of para-hydroxylation sites is 1. The number of carbonyl (C=O) groups is 3. The van der Waals surface area contributed by atoms with Gasteiger partial charge in [0.1, 0.15) is 5.15 Å². The Kier molecular flexibility index (Phi) is 7.52. The fraction of sp³-hybridized carbons (Fsp3) is 0.300. The van der Waals surface area contributed by atoms with Gasteiger partial charge in [0.2, 0.25) is 5.91 Å². The van der Waals surface area contributed by atoms with Crippen LogP contribution in [0.15, 0.2) is 30.3 Å². The number of pyridine rings is 1. The van der Waals surface area contributed by atoms with Gasteiger partial charge in [-0.1, -0.05) is 36.7 Å². The number of nitrogens with one attached hydrogen (secondary N) is 2. The summed E-state index contributed by atoms with van der Waals surface area (Å²) in [7, 11) is 0. The number of nitrogens with zero attached hydrogens (tertiary/aromatic N) is 1. The summed E-state index contributed by atoms with van der Waals surface area (Å²) < 4.78 is 4.97. The summed E-state index contributed by atoms with van der Waals surface area (Å²) in [5, 5.41) is 5.17. The van der Waals surface area contributed by atoms with Gasteiger partial charge in [0.25, 0.3) is 5.91 Å². The predicted octanol–water partition coefficient (Wildman–Crippen LogP) is 2.83. The van der Waals surface area contributed by atoms with E-state index < -0.39 is 18.5 Å². The van der Waals surface area contributed by atoms with Gasteiger partial charge in [-0.2, -0.15) is 0 Å². The van der Waals surface area contributed by atoms with E-state index in [0.717, 1.165) is 12.0 Å². The van der Waals surface area contributed by atoms with Crippen LogP contribution in [0.2, 0.25) is 5.15 Å². The van der Waals surface area contributed by atoms with Crippen molar-refractivity contribution >= 4 is 35.1 Å². The molecule has 2 N–H and O–H groups in total. The second-order valence-electron chi connectivity index (χ2n) is 6.16. The average molecular weight is 404 g/mol. The minimum absolute atomic E-state index is 0.0249. The van der Waals surface area contributed by atoms with Crippen LogP contribution in [-0.2, 0) is 20.7 Å². The van der Waals surface area contributed by atoms with E-state index in [1.807, 2.05) is 25.1 Å². The molecule has 2 rings (SSSR count). The van der Waals surface area contributed by atoms with E-state index >= 15 is 0 Å². The quantitative estimate of drug-likeness (QED) is 0.547. The maximum Gasteiger partial charge on any atom is 0.342 e. The summed E-state index contributed by atoms with van der Waals surface area (Å²) in [5.74, 6) is -1.71. The molecule has 0 spiro atoms. The first-order valence-corrected chi connectivity index (χ1v) is 9.15. The first kappa shape index (κ1) is 21.4. The fourth-order valence-electron chi connectivity index (χ4n) is 2.61. The van der Waals surface area contributed by atoms with E-state index in [9.17, 15) is 14.4 Å². The van der Waals surface area contributed by atoms with Crippen LogP contribution in [0, 0.1) is 13.8 Å². The van der Waals surface area contributed by atoms with Crippen molar-refractivity contribution in [3.05, 3.63) is 57.9 Å². The zero-order chi connectivity index (χ0) is 20.7. The van der Waals surface area contributed by atoms with Crippen LogP contribution in [0.3, 0.4) is 0 Å².